The van der Waals surface area contributed by atoms with Crippen LogP contribution in [0.25, 0.3) is 10.9 Å². The molecule has 0 atom stereocenters. The number of halogens is 1. The highest BCUT2D eigenvalue weighted by atomic mass is 32.2. The molecule has 0 bridgehead atoms. The van der Waals surface area contributed by atoms with Crippen LogP contribution in [0.2, 0.25) is 0 Å². The third kappa shape index (κ3) is 3.70. The molecular formula is C21H22FN3O3S. The number of sulfonamides is 1. The Bertz CT molecular complexity index is 1230. The van der Waals surface area contributed by atoms with E-state index >= 15 is 0 Å². The third-order valence-corrected chi connectivity index (χ3v) is 7.27. The number of hydrogen-bond acceptors (Lipinski definition) is 4. The molecule has 3 aromatic rings. The molecule has 152 valence electrons. The van der Waals surface area contributed by atoms with Crippen LogP contribution < -0.4 is 5.56 Å². The van der Waals surface area contributed by atoms with Crippen molar-refractivity contribution >= 4 is 20.9 Å². The summed E-state index contributed by atoms with van der Waals surface area (Å²) in [5.41, 5.74) is 1.95. The SMILES string of the molecule is Cc1cc(C)cc(S(=O)(=O)N2CCC(n3cnc4ccc(F)cc4c3=O)CC2)c1. The quantitative estimate of drug-likeness (QED) is 0.659. The van der Waals surface area contributed by atoms with Crippen molar-refractivity contribution in [2.24, 2.45) is 0 Å². The highest BCUT2D eigenvalue weighted by molar-refractivity contribution is 7.89. The van der Waals surface area contributed by atoms with Crippen molar-refractivity contribution < 1.29 is 12.8 Å². The predicted molar refractivity (Wildman–Crippen MR) is 109 cm³/mol. The summed E-state index contributed by atoms with van der Waals surface area (Å²) in [7, 11) is -3.58. The molecule has 8 heteroatoms. The summed E-state index contributed by atoms with van der Waals surface area (Å²) >= 11 is 0. The first-order valence-electron chi connectivity index (χ1n) is 9.50. The van der Waals surface area contributed by atoms with Gasteiger partial charge in [0.05, 0.1) is 22.1 Å². The summed E-state index contributed by atoms with van der Waals surface area (Å²) < 4.78 is 42.5. The van der Waals surface area contributed by atoms with E-state index in [4.69, 9.17) is 0 Å². The second-order valence-corrected chi connectivity index (χ2v) is 9.52. The Hall–Kier alpha value is -2.58. The van der Waals surface area contributed by atoms with Crippen molar-refractivity contribution in [3.8, 4) is 0 Å². The molecule has 1 aromatic heterocycles. The number of hydrogen-bond donors (Lipinski definition) is 0. The van der Waals surface area contributed by atoms with E-state index in [0.29, 0.717) is 36.3 Å². The second-order valence-electron chi connectivity index (χ2n) is 7.58. The van der Waals surface area contributed by atoms with Crippen LogP contribution in [0.3, 0.4) is 0 Å². The van der Waals surface area contributed by atoms with Gasteiger partial charge in [0.2, 0.25) is 10.0 Å². The molecule has 0 spiro atoms. The molecule has 0 radical (unpaired) electrons. The fourth-order valence-electron chi connectivity index (χ4n) is 3.96. The van der Waals surface area contributed by atoms with Gasteiger partial charge >= 0.3 is 0 Å². The second kappa shape index (κ2) is 7.35. The molecule has 2 aromatic carbocycles. The summed E-state index contributed by atoms with van der Waals surface area (Å²) in [6, 6.07) is 9.08. The topological polar surface area (TPSA) is 72.3 Å². The summed E-state index contributed by atoms with van der Waals surface area (Å²) in [5.74, 6) is -0.483. The lowest BCUT2D eigenvalue weighted by atomic mass is 10.1. The van der Waals surface area contributed by atoms with Crippen LogP contribution in [0.1, 0.15) is 30.0 Å². The maximum absolute atomic E-state index is 13.5. The fourth-order valence-corrected chi connectivity index (χ4v) is 5.62. The predicted octanol–water partition coefficient (Wildman–Crippen LogP) is 3.18. The van der Waals surface area contributed by atoms with Gasteiger partial charge in [-0.2, -0.15) is 4.31 Å². The summed E-state index contributed by atoms with van der Waals surface area (Å²) in [6.07, 6.45) is 2.46. The normalized spacial score (nSPS) is 16.4. The van der Waals surface area contributed by atoms with Crippen molar-refractivity contribution in [2.75, 3.05) is 13.1 Å². The standard InChI is InChI=1S/C21H22FN3O3S/c1-14-9-15(2)11-18(10-14)29(27,28)24-7-5-17(6-8-24)25-13-23-20-4-3-16(22)12-19(20)21(25)26/h3-4,9-13,17H,5-8H2,1-2H3. The minimum Gasteiger partial charge on any atom is -0.296 e. The van der Waals surface area contributed by atoms with E-state index in [1.165, 1.54) is 33.4 Å². The Morgan fingerprint density at radius 1 is 1.03 bits per heavy atom. The number of piperidine rings is 1. The maximum atomic E-state index is 13.5. The van der Waals surface area contributed by atoms with Gasteiger partial charge in [-0.15, -0.1) is 0 Å². The van der Waals surface area contributed by atoms with Gasteiger partial charge in [-0.05, 0) is 68.1 Å². The molecule has 1 aliphatic rings. The van der Waals surface area contributed by atoms with Gasteiger partial charge in [0, 0.05) is 19.1 Å². The molecule has 0 N–H and O–H groups in total. The number of nitrogens with zero attached hydrogens (tertiary/aromatic N) is 3. The summed E-state index contributed by atoms with van der Waals surface area (Å²) in [4.78, 5) is 17.3. The van der Waals surface area contributed by atoms with Crippen LogP contribution in [-0.2, 0) is 10.0 Å². The first-order valence-corrected chi connectivity index (χ1v) is 10.9. The molecule has 6 nitrogen and oxygen atoms in total. The number of aromatic nitrogens is 2. The van der Waals surface area contributed by atoms with Crippen molar-refractivity contribution in [2.45, 2.75) is 37.6 Å². The van der Waals surface area contributed by atoms with Crippen LogP contribution in [-0.4, -0.2) is 35.4 Å². The molecule has 1 fully saturated rings. The molecule has 2 heterocycles. The van der Waals surface area contributed by atoms with E-state index in [2.05, 4.69) is 4.98 Å². The van der Waals surface area contributed by atoms with Gasteiger partial charge in [0.1, 0.15) is 5.82 Å². The molecule has 1 aliphatic heterocycles. The van der Waals surface area contributed by atoms with Crippen molar-refractivity contribution in [1.29, 1.82) is 0 Å². The van der Waals surface area contributed by atoms with E-state index in [9.17, 15) is 17.6 Å². The number of fused-ring (bicyclic) bond motifs is 1. The molecule has 29 heavy (non-hydrogen) atoms. The van der Waals surface area contributed by atoms with Crippen molar-refractivity contribution in [1.82, 2.24) is 13.9 Å². The lowest BCUT2D eigenvalue weighted by Crippen LogP contribution is -2.40. The molecular weight excluding hydrogens is 393 g/mol. The van der Waals surface area contributed by atoms with E-state index in [0.717, 1.165) is 11.1 Å². The zero-order valence-corrected chi connectivity index (χ0v) is 17.1. The van der Waals surface area contributed by atoms with E-state index < -0.39 is 15.8 Å². The van der Waals surface area contributed by atoms with Gasteiger partial charge in [-0.25, -0.2) is 17.8 Å². The van der Waals surface area contributed by atoms with Crippen LogP contribution in [0.4, 0.5) is 4.39 Å². The van der Waals surface area contributed by atoms with Gasteiger partial charge in [0.25, 0.3) is 5.56 Å². The fraction of sp³-hybridized carbons (Fsp3) is 0.333. The highest BCUT2D eigenvalue weighted by Gasteiger charge is 2.30. The van der Waals surface area contributed by atoms with Crippen molar-refractivity contribution in [3.05, 3.63) is 70.0 Å². The molecule has 0 aliphatic carbocycles. The monoisotopic (exact) mass is 415 g/mol. The van der Waals surface area contributed by atoms with Gasteiger partial charge in [-0.1, -0.05) is 6.07 Å². The average Bonchev–Trinajstić information content (AvgIpc) is 2.68. The Morgan fingerprint density at radius 2 is 1.69 bits per heavy atom. The van der Waals surface area contributed by atoms with E-state index in [-0.39, 0.29) is 17.0 Å². The van der Waals surface area contributed by atoms with Crippen LogP contribution in [0, 0.1) is 19.7 Å². The number of aryl methyl sites for hydroxylation is 2. The van der Waals surface area contributed by atoms with Gasteiger partial charge < -0.3 is 0 Å². The van der Waals surface area contributed by atoms with E-state index in [1.807, 2.05) is 19.9 Å². The van der Waals surface area contributed by atoms with E-state index in [1.54, 1.807) is 12.1 Å². The number of rotatable bonds is 3. The van der Waals surface area contributed by atoms with Gasteiger partial charge in [-0.3, -0.25) is 9.36 Å². The molecule has 0 unspecified atom stereocenters. The Kier molecular flexibility index (Phi) is 5.00. The van der Waals surface area contributed by atoms with Crippen molar-refractivity contribution in [3.63, 3.8) is 0 Å². The lowest BCUT2D eigenvalue weighted by Gasteiger charge is -2.32. The molecule has 1 saturated heterocycles. The highest BCUT2D eigenvalue weighted by Crippen LogP contribution is 2.27. The largest absolute Gasteiger partial charge is 0.296 e. The van der Waals surface area contributed by atoms with Crippen LogP contribution in [0.15, 0.2) is 52.4 Å². The average molecular weight is 415 g/mol. The smallest absolute Gasteiger partial charge is 0.261 e. The zero-order valence-electron chi connectivity index (χ0n) is 16.3. The lowest BCUT2D eigenvalue weighted by molar-refractivity contribution is 0.269. The minimum absolute atomic E-state index is 0.173. The Morgan fingerprint density at radius 3 is 2.34 bits per heavy atom. The molecule has 4 rings (SSSR count). The van der Waals surface area contributed by atoms with Crippen LogP contribution in [0.5, 0.6) is 0 Å². The first-order chi connectivity index (χ1) is 13.8. The zero-order chi connectivity index (χ0) is 20.8. The third-order valence-electron chi connectivity index (χ3n) is 5.39. The molecule has 0 saturated carbocycles. The molecule has 0 amide bonds. The maximum Gasteiger partial charge on any atom is 0.261 e. The first kappa shape index (κ1) is 19.7. The minimum atomic E-state index is -3.58. The number of benzene rings is 2. The van der Waals surface area contributed by atoms with Gasteiger partial charge in [0.15, 0.2) is 0 Å². The summed E-state index contributed by atoms with van der Waals surface area (Å²) in [5, 5.41) is 0.234. The Balaban J connectivity index is 1.57. The summed E-state index contributed by atoms with van der Waals surface area (Å²) in [6.45, 7) is 4.38. The Labute approximate surface area is 168 Å². The van der Waals surface area contributed by atoms with Crippen LogP contribution >= 0.6 is 0 Å².